The van der Waals surface area contributed by atoms with Gasteiger partial charge in [0.1, 0.15) is 11.8 Å². The molecule has 0 saturated heterocycles. The molecule has 1 unspecified atom stereocenters. The Bertz CT molecular complexity index is 562. The van der Waals surface area contributed by atoms with Gasteiger partial charge >= 0.3 is 0 Å². The number of nitrogens with one attached hydrogen (secondary N) is 1. The van der Waals surface area contributed by atoms with Gasteiger partial charge in [-0.15, -0.1) is 0 Å². The van der Waals surface area contributed by atoms with E-state index in [2.05, 4.69) is 5.43 Å². The lowest BCUT2D eigenvalue weighted by atomic mass is 10.2. The molecule has 0 aliphatic rings. The Balaban J connectivity index is 2.48. The van der Waals surface area contributed by atoms with Crippen LogP contribution in [0, 0.1) is 0 Å². The highest BCUT2D eigenvalue weighted by atomic mass is 16.5. The molecule has 1 heterocycles. The number of amides is 1. The maximum absolute atomic E-state index is 11.7. The van der Waals surface area contributed by atoms with E-state index in [-0.39, 0.29) is 11.9 Å². The summed E-state index contributed by atoms with van der Waals surface area (Å²) in [7, 11) is 1.63. The average Bonchev–Trinajstić information content (AvgIpc) is 2.82. The van der Waals surface area contributed by atoms with Crippen molar-refractivity contribution in [1.82, 2.24) is 9.99 Å². The number of fused-ring (bicyclic) bond motifs is 1. The normalized spacial score (nSPS) is 12.4. The van der Waals surface area contributed by atoms with Crippen LogP contribution in [0.25, 0.3) is 10.9 Å². The van der Waals surface area contributed by atoms with Crippen molar-refractivity contribution in [2.45, 2.75) is 19.4 Å². The van der Waals surface area contributed by atoms with Gasteiger partial charge in [0.2, 0.25) is 0 Å². The third-order valence-corrected chi connectivity index (χ3v) is 3.09. The number of hydrogen-bond donors (Lipinski definition) is 2. The Morgan fingerprint density at radius 1 is 1.50 bits per heavy atom. The van der Waals surface area contributed by atoms with E-state index in [1.807, 2.05) is 42.0 Å². The van der Waals surface area contributed by atoms with Gasteiger partial charge in [0.05, 0.1) is 7.11 Å². The van der Waals surface area contributed by atoms with E-state index in [1.54, 1.807) is 7.11 Å². The summed E-state index contributed by atoms with van der Waals surface area (Å²) in [4.78, 5) is 11.7. The smallest absolute Gasteiger partial charge is 0.256 e. The molecule has 3 N–H and O–H groups in total. The zero-order valence-corrected chi connectivity index (χ0v) is 10.5. The maximum Gasteiger partial charge on any atom is 0.256 e. The molecule has 0 radical (unpaired) electrons. The minimum absolute atomic E-state index is 0.189. The van der Waals surface area contributed by atoms with Gasteiger partial charge in [0.15, 0.2) is 0 Å². The molecule has 1 aromatic heterocycles. The van der Waals surface area contributed by atoms with Crippen LogP contribution in [0.2, 0.25) is 0 Å². The number of ether oxygens (including phenoxy) is 1. The summed E-state index contributed by atoms with van der Waals surface area (Å²) in [6.07, 6.45) is 2.58. The summed E-state index contributed by atoms with van der Waals surface area (Å²) in [6, 6.07) is 7.44. The summed E-state index contributed by atoms with van der Waals surface area (Å²) in [5.74, 6) is 5.82. The summed E-state index contributed by atoms with van der Waals surface area (Å²) in [6.45, 7) is 1.95. The predicted molar refractivity (Wildman–Crippen MR) is 70.1 cm³/mol. The molecule has 0 fully saturated rings. The molecule has 5 heteroatoms. The quantitative estimate of drug-likeness (QED) is 0.489. The van der Waals surface area contributed by atoms with Gasteiger partial charge in [-0.05, 0) is 30.7 Å². The number of nitrogens with zero attached hydrogens (tertiary/aromatic N) is 1. The molecule has 0 saturated carbocycles. The van der Waals surface area contributed by atoms with Gasteiger partial charge in [-0.1, -0.05) is 6.92 Å². The maximum atomic E-state index is 11.7. The predicted octanol–water partition coefficient (Wildman–Crippen LogP) is 1.59. The topological polar surface area (TPSA) is 69.3 Å². The first-order chi connectivity index (χ1) is 8.71. The summed E-state index contributed by atoms with van der Waals surface area (Å²) >= 11 is 0. The van der Waals surface area contributed by atoms with Gasteiger partial charge in [0.25, 0.3) is 5.91 Å². The molecule has 0 bridgehead atoms. The highest BCUT2D eigenvalue weighted by molar-refractivity contribution is 5.86. The van der Waals surface area contributed by atoms with Crippen molar-refractivity contribution in [2.24, 2.45) is 5.84 Å². The lowest BCUT2D eigenvalue weighted by Crippen LogP contribution is -2.36. The van der Waals surface area contributed by atoms with E-state index in [1.165, 1.54) is 0 Å². The summed E-state index contributed by atoms with van der Waals surface area (Å²) in [5, 5.41) is 1.04. The van der Waals surface area contributed by atoms with E-state index in [0.717, 1.165) is 16.7 Å². The van der Waals surface area contributed by atoms with Gasteiger partial charge in [0, 0.05) is 17.1 Å². The number of hydrogen-bond acceptors (Lipinski definition) is 3. The Morgan fingerprint density at radius 3 is 2.89 bits per heavy atom. The zero-order chi connectivity index (χ0) is 13.1. The Kier molecular flexibility index (Phi) is 3.53. The molecular weight excluding hydrogens is 230 g/mol. The first-order valence-electron chi connectivity index (χ1n) is 5.86. The highest BCUT2D eigenvalue weighted by Gasteiger charge is 2.18. The van der Waals surface area contributed by atoms with Crippen molar-refractivity contribution >= 4 is 16.8 Å². The van der Waals surface area contributed by atoms with Gasteiger partial charge in [-0.3, -0.25) is 10.2 Å². The van der Waals surface area contributed by atoms with E-state index in [4.69, 9.17) is 10.6 Å². The van der Waals surface area contributed by atoms with Crippen molar-refractivity contribution in [3.8, 4) is 5.75 Å². The van der Waals surface area contributed by atoms with Crippen molar-refractivity contribution in [3.63, 3.8) is 0 Å². The van der Waals surface area contributed by atoms with Crippen LogP contribution in [-0.2, 0) is 4.79 Å². The molecule has 1 atom stereocenters. The molecule has 0 aliphatic carbocycles. The van der Waals surface area contributed by atoms with Crippen LogP contribution in [0.15, 0.2) is 30.5 Å². The zero-order valence-electron chi connectivity index (χ0n) is 10.5. The molecule has 5 nitrogen and oxygen atoms in total. The molecule has 96 valence electrons. The molecule has 18 heavy (non-hydrogen) atoms. The Labute approximate surface area is 105 Å². The fraction of sp³-hybridized carbons (Fsp3) is 0.308. The molecule has 1 amide bonds. The Morgan fingerprint density at radius 2 is 2.28 bits per heavy atom. The molecular formula is C13H17N3O2. The van der Waals surface area contributed by atoms with E-state index in [9.17, 15) is 4.79 Å². The summed E-state index contributed by atoms with van der Waals surface area (Å²) in [5.41, 5.74) is 3.20. The largest absolute Gasteiger partial charge is 0.497 e. The van der Waals surface area contributed by atoms with Crippen LogP contribution in [0.5, 0.6) is 5.75 Å². The van der Waals surface area contributed by atoms with Crippen LogP contribution in [0.1, 0.15) is 19.4 Å². The Hall–Kier alpha value is -2.01. The highest BCUT2D eigenvalue weighted by Crippen LogP contribution is 2.25. The first kappa shape index (κ1) is 12.4. The van der Waals surface area contributed by atoms with Crippen molar-refractivity contribution in [3.05, 3.63) is 30.5 Å². The molecule has 0 spiro atoms. The number of hydrazine groups is 1. The lowest BCUT2D eigenvalue weighted by molar-refractivity contribution is -0.124. The number of aromatic nitrogens is 1. The van der Waals surface area contributed by atoms with Crippen LogP contribution in [-0.4, -0.2) is 17.6 Å². The number of methoxy groups -OCH3 is 1. The number of carbonyl (C=O) groups excluding carboxylic acids is 1. The minimum Gasteiger partial charge on any atom is -0.497 e. The van der Waals surface area contributed by atoms with Crippen molar-refractivity contribution in [1.29, 1.82) is 0 Å². The monoisotopic (exact) mass is 247 g/mol. The summed E-state index contributed by atoms with van der Waals surface area (Å²) < 4.78 is 7.11. The second-order valence-corrected chi connectivity index (χ2v) is 4.08. The number of rotatable bonds is 4. The van der Waals surface area contributed by atoms with Crippen molar-refractivity contribution in [2.75, 3.05) is 7.11 Å². The van der Waals surface area contributed by atoms with E-state index >= 15 is 0 Å². The van der Waals surface area contributed by atoms with Gasteiger partial charge in [-0.25, -0.2) is 5.84 Å². The fourth-order valence-electron chi connectivity index (χ4n) is 2.15. The van der Waals surface area contributed by atoms with Crippen molar-refractivity contribution < 1.29 is 9.53 Å². The fourth-order valence-corrected chi connectivity index (χ4v) is 2.15. The number of nitrogens with two attached hydrogens (primary N) is 1. The van der Waals surface area contributed by atoms with Crippen LogP contribution < -0.4 is 16.0 Å². The van der Waals surface area contributed by atoms with Gasteiger partial charge in [-0.2, -0.15) is 0 Å². The molecule has 2 rings (SSSR count). The minimum atomic E-state index is -0.291. The second-order valence-electron chi connectivity index (χ2n) is 4.08. The van der Waals surface area contributed by atoms with Crippen LogP contribution in [0.4, 0.5) is 0 Å². The standard InChI is InChI=1S/C13H17N3O2/c1-3-11(13(17)15-14)16-7-6-9-8-10(18-2)4-5-12(9)16/h4-8,11H,3,14H2,1-2H3,(H,15,17). The first-order valence-corrected chi connectivity index (χ1v) is 5.86. The molecule has 0 aliphatic heterocycles. The number of benzene rings is 1. The number of carbonyl (C=O) groups is 1. The SMILES string of the molecule is CCC(C(=O)NN)n1ccc2cc(OC)ccc21. The average molecular weight is 247 g/mol. The van der Waals surface area contributed by atoms with E-state index in [0.29, 0.717) is 6.42 Å². The third kappa shape index (κ3) is 2.04. The second kappa shape index (κ2) is 5.10. The van der Waals surface area contributed by atoms with E-state index < -0.39 is 0 Å². The van der Waals surface area contributed by atoms with Crippen LogP contribution in [0.3, 0.4) is 0 Å². The lowest BCUT2D eigenvalue weighted by Gasteiger charge is -2.16. The van der Waals surface area contributed by atoms with Crippen LogP contribution >= 0.6 is 0 Å². The molecule has 2 aromatic rings. The third-order valence-electron chi connectivity index (χ3n) is 3.09. The van der Waals surface area contributed by atoms with Gasteiger partial charge < -0.3 is 9.30 Å². The molecule has 1 aromatic carbocycles.